The first-order valence-electron chi connectivity index (χ1n) is 5.86. The van der Waals surface area contributed by atoms with E-state index in [0.717, 1.165) is 26.2 Å². The molecule has 0 unspecified atom stereocenters. The molecule has 0 bridgehead atoms. The van der Waals surface area contributed by atoms with E-state index < -0.39 is 0 Å². The molecule has 17 heavy (non-hydrogen) atoms. The Morgan fingerprint density at radius 2 is 2.12 bits per heavy atom. The van der Waals surface area contributed by atoms with Crippen LogP contribution >= 0.6 is 0 Å². The third kappa shape index (κ3) is 3.80. The molecule has 0 aliphatic carbocycles. The second-order valence-electron chi connectivity index (χ2n) is 4.34. The average molecular weight is 234 g/mol. The van der Waals surface area contributed by atoms with Crippen LogP contribution in [0.1, 0.15) is 0 Å². The molecule has 2 heterocycles. The molecule has 1 aromatic rings. The molecule has 0 radical (unpaired) electrons. The number of carbonyl (C=O) groups is 1. The molecular weight excluding hydrogens is 216 g/mol. The van der Waals surface area contributed by atoms with Crippen molar-refractivity contribution in [3.05, 3.63) is 24.4 Å². The minimum absolute atomic E-state index is 0.00764. The Bertz CT molecular complexity index is 360. The SMILES string of the molecule is CN1CCN(CC(=O)Nc2ccccn2)CC1. The second-order valence-corrected chi connectivity index (χ2v) is 4.34. The third-order valence-electron chi connectivity index (χ3n) is 2.90. The van der Waals surface area contributed by atoms with Gasteiger partial charge in [0.05, 0.1) is 6.54 Å². The monoisotopic (exact) mass is 234 g/mol. The summed E-state index contributed by atoms with van der Waals surface area (Å²) in [7, 11) is 2.10. The minimum Gasteiger partial charge on any atom is -0.310 e. The number of anilines is 1. The van der Waals surface area contributed by atoms with Crippen LogP contribution in [0.25, 0.3) is 0 Å². The number of carbonyl (C=O) groups excluding carboxylic acids is 1. The maximum atomic E-state index is 11.8. The van der Waals surface area contributed by atoms with Crippen molar-refractivity contribution in [2.45, 2.75) is 0 Å². The van der Waals surface area contributed by atoms with Gasteiger partial charge in [0.2, 0.25) is 5.91 Å². The van der Waals surface area contributed by atoms with Crippen LogP contribution in [0.5, 0.6) is 0 Å². The zero-order valence-electron chi connectivity index (χ0n) is 10.1. The molecule has 5 nitrogen and oxygen atoms in total. The Morgan fingerprint density at radius 3 is 2.76 bits per heavy atom. The number of hydrogen-bond acceptors (Lipinski definition) is 4. The first-order valence-corrected chi connectivity index (χ1v) is 5.86. The Kier molecular flexibility index (Phi) is 4.06. The molecule has 1 aliphatic rings. The van der Waals surface area contributed by atoms with E-state index in [1.807, 2.05) is 12.1 Å². The van der Waals surface area contributed by atoms with Crippen LogP contribution in [-0.2, 0) is 4.79 Å². The summed E-state index contributed by atoms with van der Waals surface area (Å²) in [5, 5.41) is 2.80. The number of pyridine rings is 1. The fourth-order valence-corrected chi connectivity index (χ4v) is 1.83. The number of nitrogens with one attached hydrogen (secondary N) is 1. The predicted molar refractivity (Wildman–Crippen MR) is 66.8 cm³/mol. The summed E-state index contributed by atoms with van der Waals surface area (Å²) in [6.45, 7) is 4.40. The predicted octanol–water partition coefficient (Wildman–Crippen LogP) is 0.267. The van der Waals surface area contributed by atoms with Crippen LogP contribution in [0.3, 0.4) is 0 Å². The molecule has 0 saturated carbocycles. The van der Waals surface area contributed by atoms with Crippen molar-refractivity contribution in [3.63, 3.8) is 0 Å². The van der Waals surface area contributed by atoms with E-state index in [-0.39, 0.29) is 5.91 Å². The highest BCUT2D eigenvalue weighted by molar-refractivity contribution is 5.91. The van der Waals surface area contributed by atoms with Crippen molar-refractivity contribution in [2.75, 3.05) is 45.1 Å². The fraction of sp³-hybridized carbons (Fsp3) is 0.500. The molecule has 2 rings (SSSR count). The van der Waals surface area contributed by atoms with Crippen molar-refractivity contribution in [1.82, 2.24) is 14.8 Å². The fourth-order valence-electron chi connectivity index (χ4n) is 1.83. The van der Waals surface area contributed by atoms with Gasteiger partial charge in [0.1, 0.15) is 5.82 Å². The van der Waals surface area contributed by atoms with Gasteiger partial charge in [-0.2, -0.15) is 0 Å². The summed E-state index contributed by atoms with van der Waals surface area (Å²) in [6.07, 6.45) is 1.67. The molecule has 1 fully saturated rings. The third-order valence-corrected chi connectivity index (χ3v) is 2.90. The lowest BCUT2D eigenvalue weighted by atomic mass is 10.3. The Labute approximate surface area is 101 Å². The molecule has 1 N–H and O–H groups in total. The standard InChI is InChI=1S/C12H18N4O/c1-15-6-8-16(9-7-15)10-12(17)14-11-4-2-3-5-13-11/h2-5H,6-10H2,1H3,(H,13,14,17). The van der Waals surface area contributed by atoms with Gasteiger partial charge >= 0.3 is 0 Å². The molecule has 0 aromatic carbocycles. The van der Waals surface area contributed by atoms with Crippen molar-refractivity contribution in [1.29, 1.82) is 0 Å². The van der Waals surface area contributed by atoms with E-state index in [9.17, 15) is 4.79 Å². The molecule has 0 spiro atoms. The highest BCUT2D eigenvalue weighted by atomic mass is 16.2. The summed E-state index contributed by atoms with van der Waals surface area (Å²) >= 11 is 0. The van der Waals surface area contributed by atoms with E-state index in [1.165, 1.54) is 0 Å². The van der Waals surface area contributed by atoms with Gasteiger partial charge in [-0.3, -0.25) is 9.69 Å². The van der Waals surface area contributed by atoms with E-state index in [4.69, 9.17) is 0 Å². The quantitative estimate of drug-likeness (QED) is 0.815. The molecule has 5 heteroatoms. The molecule has 1 saturated heterocycles. The second kappa shape index (κ2) is 5.75. The van der Waals surface area contributed by atoms with Crippen LogP contribution in [0, 0.1) is 0 Å². The Hall–Kier alpha value is -1.46. The van der Waals surface area contributed by atoms with Crippen molar-refractivity contribution >= 4 is 11.7 Å². The van der Waals surface area contributed by atoms with Gasteiger partial charge in [-0.15, -0.1) is 0 Å². The summed E-state index contributed by atoms with van der Waals surface area (Å²) in [4.78, 5) is 20.3. The van der Waals surface area contributed by atoms with Crippen LogP contribution in [-0.4, -0.2) is 60.5 Å². The molecule has 1 aromatic heterocycles. The van der Waals surface area contributed by atoms with Crippen LogP contribution in [0.15, 0.2) is 24.4 Å². The summed E-state index contributed by atoms with van der Waals surface area (Å²) < 4.78 is 0. The number of aromatic nitrogens is 1. The normalized spacial score (nSPS) is 17.9. The molecule has 1 aliphatic heterocycles. The van der Waals surface area contributed by atoms with Gasteiger partial charge in [-0.1, -0.05) is 6.07 Å². The molecule has 1 amide bonds. The maximum absolute atomic E-state index is 11.8. The number of likely N-dealkylation sites (N-methyl/N-ethyl adjacent to an activating group) is 1. The van der Waals surface area contributed by atoms with Gasteiger partial charge in [0.15, 0.2) is 0 Å². The van der Waals surface area contributed by atoms with Crippen LogP contribution in [0.2, 0.25) is 0 Å². The van der Waals surface area contributed by atoms with Gasteiger partial charge in [-0.05, 0) is 19.2 Å². The summed E-state index contributed by atoms with van der Waals surface area (Å²) in [5.74, 6) is 0.625. The van der Waals surface area contributed by atoms with Crippen LogP contribution < -0.4 is 5.32 Å². The molecular formula is C12H18N4O. The van der Waals surface area contributed by atoms with E-state index >= 15 is 0 Å². The Morgan fingerprint density at radius 1 is 1.35 bits per heavy atom. The molecule has 92 valence electrons. The summed E-state index contributed by atoms with van der Waals surface area (Å²) in [5.41, 5.74) is 0. The largest absolute Gasteiger partial charge is 0.310 e. The van der Waals surface area contributed by atoms with Crippen molar-refractivity contribution in [3.8, 4) is 0 Å². The number of rotatable bonds is 3. The lowest BCUT2D eigenvalue weighted by Gasteiger charge is -2.31. The average Bonchev–Trinajstić information content (AvgIpc) is 2.33. The lowest BCUT2D eigenvalue weighted by Crippen LogP contribution is -2.47. The van der Waals surface area contributed by atoms with Gasteiger partial charge in [0, 0.05) is 32.4 Å². The zero-order chi connectivity index (χ0) is 12.1. The van der Waals surface area contributed by atoms with E-state index in [2.05, 4.69) is 27.1 Å². The van der Waals surface area contributed by atoms with E-state index in [1.54, 1.807) is 12.3 Å². The highest BCUT2D eigenvalue weighted by Gasteiger charge is 2.16. The van der Waals surface area contributed by atoms with Crippen LogP contribution in [0.4, 0.5) is 5.82 Å². The first-order chi connectivity index (χ1) is 8.24. The zero-order valence-corrected chi connectivity index (χ0v) is 10.1. The van der Waals surface area contributed by atoms with Crippen molar-refractivity contribution < 1.29 is 4.79 Å². The number of amides is 1. The number of hydrogen-bond donors (Lipinski definition) is 1. The minimum atomic E-state index is 0.00764. The number of piperazine rings is 1. The maximum Gasteiger partial charge on any atom is 0.239 e. The topological polar surface area (TPSA) is 48.5 Å². The van der Waals surface area contributed by atoms with E-state index in [0.29, 0.717) is 12.4 Å². The lowest BCUT2D eigenvalue weighted by molar-refractivity contribution is -0.117. The smallest absolute Gasteiger partial charge is 0.239 e. The highest BCUT2D eigenvalue weighted by Crippen LogP contribution is 2.02. The van der Waals surface area contributed by atoms with Crippen molar-refractivity contribution in [2.24, 2.45) is 0 Å². The van der Waals surface area contributed by atoms with Gasteiger partial charge < -0.3 is 10.2 Å². The molecule has 0 atom stereocenters. The Balaban J connectivity index is 1.78. The van der Waals surface area contributed by atoms with Gasteiger partial charge in [-0.25, -0.2) is 4.98 Å². The van der Waals surface area contributed by atoms with Gasteiger partial charge in [0.25, 0.3) is 0 Å². The summed E-state index contributed by atoms with van der Waals surface area (Å²) in [6, 6.07) is 5.48. The first kappa shape index (κ1) is 12.0. The number of nitrogens with zero attached hydrogens (tertiary/aromatic N) is 3.